The van der Waals surface area contributed by atoms with Gasteiger partial charge >= 0.3 is 5.97 Å². The maximum absolute atomic E-state index is 11.5. The minimum absolute atomic E-state index is 0.166. The van der Waals surface area contributed by atoms with Crippen LogP contribution in [0.2, 0.25) is 10.2 Å². The molecule has 2 aromatic rings. The highest BCUT2D eigenvalue weighted by atomic mass is 35.5. The normalized spacial score (nSPS) is 10.4. The van der Waals surface area contributed by atoms with Crippen molar-refractivity contribution in [3.05, 3.63) is 44.9 Å². The van der Waals surface area contributed by atoms with Gasteiger partial charge < -0.3 is 9.64 Å². The molecule has 1 aromatic carbocycles. The zero-order chi connectivity index (χ0) is 14.7. The summed E-state index contributed by atoms with van der Waals surface area (Å²) in [7, 11) is 3.19. The monoisotopic (exact) mass is 330 g/mol. The van der Waals surface area contributed by atoms with Gasteiger partial charge in [0.05, 0.1) is 7.11 Å². The van der Waals surface area contributed by atoms with E-state index < -0.39 is 5.97 Å². The molecule has 4 nitrogen and oxygen atoms in total. The number of carbonyl (C=O) groups is 1. The summed E-state index contributed by atoms with van der Waals surface area (Å²) < 4.78 is 4.66. The van der Waals surface area contributed by atoms with E-state index in [1.807, 2.05) is 36.2 Å². The van der Waals surface area contributed by atoms with Crippen LogP contribution in [-0.2, 0) is 11.3 Å². The highest BCUT2D eigenvalue weighted by molar-refractivity contribution is 7.18. The molecule has 0 aliphatic heterocycles. The molecule has 0 saturated heterocycles. The number of hydrogen-bond acceptors (Lipinski definition) is 5. The molecular formula is C13H12Cl2N2O2S. The summed E-state index contributed by atoms with van der Waals surface area (Å²) >= 11 is 13.0. The first kappa shape index (κ1) is 15.1. The van der Waals surface area contributed by atoms with Crippen molar-refractivity contribution < 1.29 is 9.53 Å². The maximum atomic E-state index is 11.5. The first-order chi connectivity index (χ1) is 9.51. The Morgan fingerprint density at radius 2 is 2.00 bits per heavy atom. The third-order valence-corrected chi connectivity index (χ3v) is 4.39. The first-order valence-corrected chi connectivity index (χ1v) is 7.28. The predicted octanol–water partition coefficient (Wildman–Crippen LogP) is 3.87. The second-order valence-corrected chi connectivity index (χ2v) is 5.86. The van der Waals surface area contributed by atoms with Crippen LogP contribution in [0.15, 0.2) is 24.3 Å². The maximum Gasteiger partial charge on any atom is 0.351 e. The molecule has 0 aliphatic carbocycles. The molecule has 20 heavy (non-hydrogen) atoms. The number of nitrogens with zero attached hydrogens (tertiary/aromatic N) is 2. The van der Waals surface area contributed by atoms with Crippen molar-refractivity contribution in [1.82, 2.24) is 4.98 Å². The molecule has 0 atom stereocenters. The number of aromatic nitrogens is 1. The third-order valence-electron chi connectivity index (χ3n) is 2.60. The molecule has 1 heterocycles. The molecule has 0 saturated carbocycles. The Balaban J connectivity index is 2.15. The quantitative estimate of drug-likeness (QED) is 0.798. The standard InChI is InChI=1S/C13H12Cl2N2O2S/c1-17(7-8-3-5-9(14)6-4-8)13-16-11(15)10(20-13)12(18)19-2/h3-6H,7H2,1-2H3. The van der Waals surface area contributed by atoms with Crippen molar-refractivity contribution in [2.75, 3.05) is 19.1 Å². The average Bonchev–Trinajstić information content (AvgIpc) is 2.82. The van der Waals surface area contributed by atoms with E-state index in [1.54, 1.807) is 0 Å². The molecule has 2 rings (SSSR count). The summed E-state index contributed by atoms with van der Waals surface area (Å²) in [5.74, 6) is -0.473. The van der Waals surface area contributed by atoms with Crippen molar-refractivity contribution in [2.45, 2.75) is 6.54 Å². The minimum atomic E-state index is -0.473. The second-order valence-electron chi connectivity index (χ2n) is 4.09. The molecule has 0 N–H and O–H groups in total. The van der Waals surface area contributed by atoms with E-state index in [-0.39, 0.29) is 5.15 Å². The molecule has 1 aromatic heterocycles. The van der Waals surface area contributed by atoms with Crippen molar-refractivity contribution in [3.63, 3.8) is 0 Å². The molecule has 0 unspecified atom stereocenters. The van der Waals surface area contributed by atoms with Gasteiger partial charge in [0, 0.05) is 18.6 Å². The van der Waals surface area contributed by atoms with Gasteiger partial charge in [-0.15, -0.1) is 0 Å². The zero-order valence-electron chi connectivity index (χ0n) is 10.9. The Morgan fingerprint density at radius 3 is 2.60 bits per heavy atom. The second kappa shape index (κ2) is 6.43. The lowest BCUT2D eigenvalue weighted by Gasteiger charge is -2.15. The Morgan fingerprint density at radius 1 is 1.35 bits per heavy atom. The van der Waals surface area contributed by atoms with Gasteiger partial charge in [0.2, 0.25) is 0 Å². The SMILES string of the molecule is COC(=O)c1sc(N(C)Cc2ccc(Cl)cc2)nc1Cl. The summed E-state index contributed by atoms with van der Waals surface area (Å²) in [6.45, 7) is 0.640. The van der Waals surface area contributed by atoms with Gasteiger partial charge in [-0.25, -0.2) is 9.78 Å². The molecule has 0 spiro atoms. The van der Waals surface area contributed by atoms with Crippen molar-refractivity contribution >= 4 is 45.6 Å². The van der Waals surface area contributed by atoms with Crippen LogP contribution in [0, 0.1) is 0 Å². The summed E-state index contributed by atoms with van der Waals surface area (Å²) in [4.78, 5) is 17.9. The van der Waals surface area contributed by atoms with Crippen LogP contribution in [0.4, 0.5) is 5.13 Å². The van der Waals surface area contributed by atoms with E-state index in [4.69, 9.17) is 23.2 Å². The predicted molar refractivity (Wildman–Crippen MR) is 82.0 cm³/mol. The number of thiazole rings is 1. The number of benzene rings is 1. The highest BCUT2D eigenvalue weighted by Crippen LogP contribution is 2.30. The van der Waals surface area contributed by atoms with Crippen LogP contribution in [0.5, 0.6) is 0 Å². The number of rotatable bonds is 4. The van der Waals surface area contributed by atoms with E-state index in [1.165, 1.54) is 18.4 Å². The number of ether oxygens (including phenoxy) is 1. The smallest absolute Gasteiger partial charge is 0.351 e. The molecule has 106 valence electrons. The lowest BCUT2D eigenvalue weighted by molar-refractivity contribution is 0.0606. The summed E-state index contributed by atoms with van der Waals surface area (Å²) in [6.07, 6.45) is 0. The molecular weight excluding hydrogens is 319 g/mol. The number of carbonyl (C=O) groups excluding carboxylic acids is 1. The van der Waals surface area contributed by atoms with Gasteiger partial charge in [-0.2, -0.15) is 0 Å². The van der Waals surface area contributed by atoms with E-state index in [0.717, 1.165) is 5.56 Å². The Hall–Kier alpha value is -1.30. The van der Waals surface area contributed by atoms with Crippen LogP contribution in [0.3, 0.4) is 0 Å². The van der Waals surface area contributed by atoms with Crippen LogP contribution in [0.25, 0.3) is 0 Å². The van der Waals surface area contributed by atoms with E-state index in [0.29, 0.717) is 21.6 Å². The zero-order valence-corrected chi connectivity index (χ0v) is 13.2. The van der Waals surface area contributed by atoms with Crippen molar-refractivity contribution in [2.24, 2.45) is 0 Å². The molecule has 0 bridgehead atoms. The fraction of sp³-hybridized carbons (Fsp3) is 0.231. The van der Waals surface area contributed by atoms with E-state index >= 15 is 0 Å². The Kier molecular flexibility index (Phi) is 4.86. The average molecular weight is 331 g/mol. The number of hydrogen-bond donors (Lipinski definition) is 0. The molecule has 0 aliphatic rings. The van der Waals surface area contributed by atoms with Gasteiger partial charge in [0.15, 0.2) is 15.2 Å². The van der Waals surface area contributed by atoms with Crippen LogP contribution in [-0.4, -0.2) is 25.1 Å². The van der Waals surface area contributed by atoms with Crippen molar-refractivity contribution in [1.29, 1.82) is 0 Å². The van der Waals surface area contributed by atoms with Gasteiger partial charge in [-0.3, -0.25) is 0 Å². The fourth-order valence-corrected chi connectivity index (χ4v) is 2.89. The minimum Gasteiger partial charge on any atom is -0.465 e. The van der Waals surface area contributed by atoms with E-state index in [2.05, 4.69) is 9.72 Å². The summed E-state index contributed by atoms with van der Waals surface area (Å²) in [5, 5.41) is 1.52. The third kappa shape index (κ3) is 3.42. The summed E-state index contributed by atoms with van der Waals surface area (Å²) in [6, 6.07) is 7.55. The van der Waals surface area contributed by atoms with Gasteiger partial charge in [-0.1, -0.05) is 46.7 Å². The summed E-state index contributed by atoms with van der Waals surface area (Å²) in [5.41, 5.74) is 1.09. The van der Waals surface area contributed by atoms with Gasteiger partial charge in [0.25, 0.3) is 0 Å². The van der Waals surface area contributed by atoms with Crippen LogP contribution in [0.1, 0.15) is 15.2 Å². The number of halogens is 2. The number of esters is 1. The highest BCUT2D eigenvalue weighted by Gasteiger charge is 2.19. The molecule has 7 heteroatoms. The van der Waals surface area contributed by atoms with Gasteiger partial charge in [-0.05, 0) is 17.7 Å². The Bertz CT molecular complexity index is 613. The number of methoxy groups -OCH3 is 1. The largest absolute Gasteiger partial charge is 0.465 e. The lowest BCUT2D eigenvalue weighted by atomic mass is 10.2. The lowest BCUT2D eigenvalue weighted by Crippen LogP contribution is -2.15. The van der Waals surface area contributed by atoms with Crippen molar-refractivity contribution in [3.8, 4) is 0 Å². The molecule has 0 radical (unpaired) electrons. The molecule has 0 fully saturated rings. The fourth-order valence-electron chi connectivity index (χ4n) is 1.60. The van der Waals surface area contributed by atoms with Crippen LogP contribution >= 0.6 is 34.5 Å². The van der Waals surface area contributed by atoms with E-state index in [9.17, 15) is 4.79 Å². The van der Waals surface area contributed by atoms with Crippen LogP contribution < -0.4 is 4.90 Å². The van der Waals surface area contributed by atoms with Gasteiger partial charge in [0.1, 0.15) is 0 Å². The molecule has 0 amide bonds. The first-order valence-electron chi connectivity index (χ1n) is 5.71. The Labute approximate surface area is 130 Å². The topological polar surface area (TPSA) is 42.4 Å². The number of anilines is 1.